The van der Waals surface area contributed by atoms with E-state index in [0.29, 0.717) is 27.1 Å². The molecule has 0 atom stereocenters. The van der Waals surface area contributed by atoms with Gasteiger partial charge < -0.3 is 4.42 Å². The number of hydrazone groups is 1. The van der Waals surface area contributed by atoms with Crippen molar-refractivity contribution < 1.29 is 17.6 Å². The summed E-state index contributed by atoms with van der Waals surface area (Å²) in [6.07, 6.45) is 2.24. The second-order valence-corrected chi connectivity index (χ2v) is 10.1. The minimum atomic E-state index is -3.78. The van der Waals surface area contributed by atoms with Gasteiger partial charge in [0.05, 0.1) is 33.2 Å². The lowest BCUT2D eigenvalue weighted by atomic mass is 10.2. The molecule has 7 nitrogen and oxygen atoms in total. The maximum Gasteiger partial charge on any atom is 0.260 e. The lowest BCUT2D eigenvalue weighted by Gasteiger charge is -2.21. The van der Waals surface area contributed by atoms with Gasteiger partial charge in [0, 0.05) is 10.6 Å². The third-order valence-electron chi connectivity index (χ3n) is 4.08. The Balaban J connectivity index is 1.68. The summed E-state index contributed by atoms with van der Waals surface area (Å²) in [6, 6.07) is 12.6. The van der Waals surface area contributed by atoms with Crippen molar-refractivity contribution in [3.63, 3.8) is 0 Å². The number of anilines is 1. The van der Waals surface area contributed by atoms with Crippen LogP contribution >= 0.6 is 46.4 Å². The minimum Gasteiger partial charge on any atom is -0.455 e. The van der Waals surface area contributed by atoms with E-state index in [9.17, 15) is 13.2 Å². The zero-order chi connectivity index (χ0) is 23.5. The molecule has 0 aliphatic carbocycles. The standard InChI is InChI=1S/C20H15Cl4N3O4S/c1-32(29,30)27(13-3-6-16(22)18(24)9-13)11-20(28)26-25-10-14-4-7-19(31-14)15-5-2-12(21)8-17(15)23/h2-10H,11H2,1H3,(H,26,28)/b25-10+. The number of carbonyl (C=O) groups excluding carboxylic acids is 1. The van der Waals surface area contributed by atoms with E-state index in [2.05, 4.69) is 10.5 Å². The molecule has 32 heavy (non-hydrogen) atoms. The Morgan fingerprint density at radius 3 is 2.44 bits per heavy atom. The highest BCUT2D eigenvalue weighted by Crippen LogP contribution is 2.31. The number of hydrogen-bond donors (Lipinski definition) is 1. The molecule has 1 heterocycles. The van der Waals surface area contributed by atoms with Crippen LogP contribution in [0.15, 0.2) is 58.0 Å². The Morgan fingerprint density at radius 1 is 1.03 bits per heavy atom. The number of halogens is 4. The second kappa shape index (κ2) is 10.1. The second-order valence-electron chi connectivity index (χ2n) is 6.49. The van der Waals surface area contributed by atoms with E-state index in [1.807, 2.05) is 0 Å². The van der Waals surface area contributed by atoms with Crippen molar-refractivity contribution in [3.05, 3.63) is 74.4 Å². The van der Waals surface area contributed by atoms with E-state index in [1.54, 1.807) is 30.3 Å². The quantitative estimate of drug-likeness (QED) is 0.321. The molecule has 3 rings (SSSR count). The van der Waals surface area contributed by atoms with Crippen molar-refractivity contribution >= 4 is 74.2 Å². The van der Waals surface area contributed by atoms with Crippen LogP contribution in [0.3, 0.4) is 0 Å². The topological polar surface area (TPSA) is 92.0 Å². The molecular weight excluding hydrogens is 520 g/mol. The van der Waals surface area contributed by atoms with E-state index in [-0.39, 0.29) is 15.7 Å². The molecule has 0 unspecified atom stereocenters. The normalized spacial score (nSPS) is 11.7. The van der Waals surface area contributed by atoms with E-state index >= 15 is 0 Å². The van der Waals surface area contributed by atoms with E-state index in [0.717, 1.165) is 10.6 Å². The van der Waals surface area contributed by atoms with Crippen LogP contribution in [-0.2, 0) is 14.8 Å². The van der Waals surface area contributed by atoms with E-state index in [4.69, 9.17) is 50.8 Å². The molecule has 0 saturated carbocycles. The number of furan rings is 1. The third-order valence-corrected chi connectivity index (χ3v) is 6.51. The van der Waals surface area contributed by atoms with Gasteiger partial charge in [-0.25, -0.2) is 13.8 Å². The van der Waals surface area contributed by atoms with Crippen LogP contribution in [-0.4, -0.2) is 33.3 Å². The Kier molecular flexibility index (Phi) is 7.74. The predicted octanol–water partition coefficient (Wildman–Crippen LogP) is 5.48. The van der Waals surface area contributed by atoms with Crippen molar-refractivity contribution in [3.8, 4) is 11.3 Å². The van der Waals surface area contributed by atoms with Gasteiger partial charge in [-0.15, -0.1) is 0 Å². The maximum absolute atomic E-state index is 12.3. The van der Waals surface area contributed by atoms with Gasteiger partial charge in [0.1, 0.15) is 18.1 Å². The summed E-state index contributed by atoms with van der Waals surface area (Å²) in [6.45, 7) is -0.516. The fourth-order valence-corrected chi connectivity index (χ4v) is 4.27. The Morgan fingerprint density at radius 2 is 1.78 bits per heavy atom. The summed E-state index contributed by atoms with van der Waals surface area (Å²) in [7, 11) is -3.78. The van der Waals surface area contributed by atoms with Gasteiger partial charge >= 0.3 is 0 Å². The molecule has 0 spiro atoms. The van der Waals surface area contributed by atoms with Crippen LogP contribution in [0.4, 0.5) is 5.69 Å². The van der Waals surface area contributed by atoms with Crippen LogP contribution in [0.1, 0.15) is 5.76 Å². The van der Waals surface area contributed by atoms with Crippen molar-refractivity contribution in [2.24, 2.45) is 5.10 Å². The fraction of sp³-hybridized carbons (Fsp3) is 0.100. The highest BCUT2D eigenvalue weighted by atomic mass is 35.5. The number of sulfonamides is 1. The number of nitrogens with one attached hydrogen (secondary N) is 1. The Bertz CT molecular complexity index is 1290. The van der Waals surface area contributed by atoms with Gasteiger partial charge in [0.2, 0.25) is 10.0 Å². The molecule has 0 bridgehead atoms. The average Bonchev–Trinajstić information content (AvgIpc) is 3.16. The first-order chi connectivity index (χ1) is 15.0. The lowest BCUT2D eigenvalue weighted by molar-refractivity contribution is -0.119. The van der Waals surface area contributed by atoms with Gasteiger partial charge in [0.15, 0.2) is 0 Å². The van der Waals surface area contributed by atoms with Crippen LogP contribution in [0.5, 0.6) is 0 Å². The number of carbonyl (C=O) groups is 1. The van der Waals surface area contributed by atoms with Crippen molar-refractivity contribution in [1.82, 2.24) is 5.43 Å². The zero-order valence-electron chi connectivity index (χ0n) is 16.4. The first kappa shape index (κ1) is 24.4. The van der Waals surface area contributed by atoms with Crippen LogP contribution < -0.4 is 9.73 Å². The maximum atomic E-state index is 12.3. The number of nitrogens with zero attached hydrogens (tertiary/aromatic N) is 2. The van der Waals surface area contributed by atoms with Gasteiger partial charge in [-0.2, -0.15) is 5.10 Å². The highest BCUT2D eigenvalue weighted by Gasteiger charge is 2.21. The Hall–Kier alpha value is -2.23. The van der Waals surface area contributed by atoms with E-state index < -0.39 is 22.5 Å². The predicted molar refractivity (Wildman–Crippen MR) is 129 cm³/mol. The largest absolute Gasteiger partial charge is 0.455 e. The van der Waals surface area contributed by atoms with Crippen molar-refractivity contribution in [2.75, 3.05) is 17.1 Å². The number of rotatable bonds is 7. The number of hydrogen-bond acceptors (Lipinski definition) is 5. The zero-order valence-corrected chi connectivity index (χ0v) is 20.2. The van der Waals surface area contributed by atoms with Crippen LogP contribution in [0, 0.1) is 0 Å². The summed E-state index contributed by atoms with van der Waals surface area (Å²) >= 11 is 23.9. The first-order valence-electron chi connectivity index (χ1n) is 8.84. The van der Waals surface area contributed by atoms with Gasteiger partial charge in [-0.05, 0) is 48.5 Å². The summed E-state index contributed by atoms with van der Waals surface area (Å²) in [5.74, 6) is 0.156. The van der Waals surface area contributed by atoms with Gasteiger partial charge in [-0.3, -0.25) is 9.10 Å². The summed E-state index contributed by atoms with van der Waals surface area (Å²) in [4.78, 5) is 12.3. The molecule has 0 saturated heterocycles. The molecule has 3 aromatic rings. The fourth-order valence-electron chi connectivity index (χ4n) is 2.63. The molecule has 2 aromatic carbocycles. The third kappa shape index (κ3) is 6.17. The molecule has 0 radical (unpaired) electrons. The smallest absolute Gasteiger partial charge is 0.260 e. The summed E-state index contributed by atoms with van der Waals surface area (Å²) in [5.41, 5.74) is 3.09. The van der Waals surface area contributed by atoms with Crippen molar-refractivity contribution in [1.29, 1.82) is 0 Å². The number of amides is 1. The van der Waals surface area contributed by atoms with Gasteiger partial charge in [-0.1, -0.05) is 46.4 Å². The molecule has 1 N–H and O–H groups in total. The molecule has 12 heteroatoms. The molecule has 1 amide bonds. The monoisotopic (exact) mass is 533 g/mol. The van der Waals surface area contributed by atoms with E-state index in [1.165, 1.54) is 24.4 Å². The molecule has 0 aliphatic heterocycles. The first-order valence-corrected chi connectivity index (χ1v) is 12.2. The van der Waals surface area contributed by atoms with Crippen LogP contribution in [0.2, 0.25) is 20.1 Å². The molecule has 0 aliphatic rings. The number of benzene rings is 2. The molecule has 0 fully saturated rings. The average molecular weight is 535 g/mol. The molecule has 168 valence electrons. The van der Waals surface area contributed by atoms with Gasteiger partial charge in [0.25, 0.3) is 5.91 Å². The SMILES string of the molecule is CS(=O)(=O)N(CC(=O)N/N=C/c1ccc(-c2ccc(Cl)cc2Cl)o1)c1ccc(Cl)c(Cl)c1. The Labute approximate surface area is 204 Å². The molecular formula is C20H15Cl4N3O4S. The highest BCUT2D eigenvalue weighted by molar-refractivity contribution is 7.92. The van der Waals surface area contributed by atoms with Crippen molar-refractivity contribution in [2.45, 2.75) is 0 Å². The van der Waals surface area contributed by atoms with Crippen LogP contribution in [0.25, 0.3) is 11.3 Å². The molecule has 1 aromatic heterocycles. The summed E-state index contributed by atoms with van der Waals surface area (Å²) in [5, 5.41) is 5.14. The lowest BCUT2D eigenvalue weighted by Crippen LogP contribution is -2.39. The minimum absolute atomic E-state index is 0.158. The summed E-state index contributed by atoms with van der Waals surface area (Å²) < 4.78 is 30.8.